The quantitative estimate of drug-likeness (QED) is 0.898. The Hall–Kier alpha value is -1.40. The van der Waals surface area contributed by atoms with Crippen molar-refractivity contribution < 1.29 is 18.3 Å². The third kappa shape index (κ3) is 2.48. The first-order valence-electron chi connectivity index (χ1n) is 4.72. The molecule has 1 unspecified atom stereocenters. The van der Waals surface area contributed by atoms with Crippen LogP contribution in [-0.4, -0.2) is 10.1 Å². The van der Waals surface area contributed by atoms with Crippen molar-refractivity contribution in [2.24, 2.45) is 0 Å². The molecule has 90 valence electrons. The Kier molecular flexibility index (Phi) is 3.17. The van der Waals surface area contributed by atoms with Gasteiger partial charge in [0.2, 0.25) is 0 Å². The number of aliphatic hydroxyl groups excluding tert-OH is 1. The average molecular weight is 259 g/mol. The predicted octanol–water partition coefficient (Wildman–Crippen LogP) is 3.24. The summed E-state index contributed by atoms with van der Waals surface area (Å²) in [5.74, 6) is 0. The molecule has 0 amide bonds. The SMILES string of the molecule is OC(c1cccs1)c1cnccc1C(F)(F)F. The van der Waals surface area contributed by atoms with Crippen LogP contribution in [0.15, 0.2) is 36.0 Å². The molecule has 2 aromatic rings. The maximum atomic E-state index is 12.7. The van der Waals surface area contributed by atoms with E-state index in [2.05, 4.69) is 4.98 Å². The molecule has 17 heavy (non-hydrogen) atoms. The first kappa shape index (κ1) is 12.1. The van der Waals surface area contributed by atoms with Gasteiger partial charge >= 0.3 is 6.18 Å². The summed E-state index contributed by atoms with van der Waals surface area (Å²) in [4.78, 5) is 4.10. The molecule has 0 radical (unpaired) electrons. The van der Waals surface area contributed by atoms with Crippen LogP contribution in [0.5, 0.6) is 0 Å². The van der Waals surface area contributed by atoms with Gasteiger partial charge in [-0.05, 0) is 17.5 Å². The lowest BCUT2D eigenvalue weighted by Gasteiger charge is -2.15. The van der Waals surface area contributed by atoms with Gasteiger partial charge in [0.05, 0.1) is 5.56 Å². The molecule has 0 aromatic carbocycles. The Labute approximate surface area is 99.4 Å². The van der Waals surface area contributed by atoms with Crippen LogP contribution in [0.1, 0.15) is 22.1 Å². The lowest BCUT2D eigenvalue weighted by Crippen LogP contribution is -2.12. The van der Waals surface area contributed by atoms with Gasteiger partial charge in [0.1, 0.15) is 6.10 Å². The zero-order chi connectivity index (χ0) is 12.5. The monoisotopic (exact) mass is 259 g/mol. The van der Waals surface area contributed by atoms with Gasteiger partial charge in [-0.3, -0.25) is 4.98 Å². The second kappa shape index (κ2) is 4.46. The number of nitrogens with zero attached hydrogens (tertiary/aromatic N) is 1. The topological polar surface area (TPSA) is 33.1 Å². The van der Waals surface area contributed by atoms with E-state index in [4.69, 9.17) is 0 Å². The normalized spacial score (nSPS) is 13.6. The van der Waals surface area contributed by atoms with Crippen LogP contribution in [0, 0.1) is 0 Å². The molecular weight excluding hydrogens is 251 g/mol. The van der Waals surface area contributed by atoms with E-state index < -0.39 is 17.8 Å². The van der Waals surface area contributed by atoms with Gasteiger partial charge in [-0.2, -0.15) is 13.2 Å². The van der Waals surface area contributed by atoms with Gasteiger partial charge in [0.15, 0.2) is 0 Å². The number of aromatic nitrogens is 1. The molecule has 0 aliphatic carbocycles. The largest absolute Gasteiger partial charge is 0.416 e. The van der Waals surface area contributed by atoms with Crippen LogP contribution < -0.4 is 0 Å². The highest BCUT2D eigenvalue weighted by Crippen LogP contribution is 2.36. The van der Waals surface area contributed by atoms with E-state index in [9.17, 15) is 18.3 Å². The van der Waals surface area contributed by atoms with Gasteiger partial charge in [-0.25, -0.2) is 0 Å². The van der Waals surface area contributed by atoms with Gasteiger partial charge in [-0.1, -0.05) is 6.07 Å². The van der Waals surface area contributed by atoms with Crippen molar-refractivity contribution >= 4 is 11.3 Å². The summed E-state index contributed by atoms with van der Waals surface area (Å²) in [6.07, 6.45) is -3.67. The summed E-state index contributed by atoms with van der Waals surface area (Å²) >= 11 is 1.20. The van der Waals surface area contributed by atoms with E-state index in [0.29, 0.717) is 4.88 Å². The zero-order valence-electron chi connectivity index (χ0n) is 8.48. The minimum atomic E-state index is -4.49. The van der Waals surface area contributed by atoms with Gasteiger partial charge in [0, 0.05) is 22.8 Å². The van der Waals surface area contributed by atoms with E-state index in [1.54, 1.807) is 17.5 Å². The highest BCUT2D eigenvalue weighted by atomic mass is 32.1. The van der Waals surface area contributed by atoms with Crippen LogP contribution in [0.25, 0.3) is 0 Å². The summed E-state index contributed by atoms with van der Waals surface area (Å²) in [7, 11) is 0. The van der Waals surface area contributed by atoms with Gasteiger partial charge in [0.25, 0.3) is 0 Å². The fourth-order valence-electron chi connectivity index (χ4n) is 1.48. The van der Waals surface area contributed by atoms with Crippen molar-refractivity contribution in [3.63, 3.8) is 0 Å². The van der Waals surface area contributed by atoms with E-state index in [1.807, 2.05) is 0 Å². The van der Waals surface area contributed by atoms with Crippen LogP contribution in [0.4, 0.5) is 13.2 Å². The minimum Gasteiger partial charge on any atom is -0.383 e. The van der Waals surface area contributed by atoms with E-state index >= 15 is 0 Å². The molecule has 0 aliphatic rings. The number of rotatable bonds is 2. The average Bonchev–Trinajstić information content (AvgIpc) is 2.80. The number of pyridine rings is 1. The molecule has 1 atom stereocenters. The third-order valence-corrected chi connectivity index (χ3v) is 3.19. The fraction of sp³-hybridized carbons (Fsp3) is 0.182. The predicted molar refractivity (Wildman–Crippen MR) is 57.6 cm³/mol. The van der Waals surface area contributed by atoms with Gasteiger partial charge in [-0.15, -0.1) is 11.3 Å². The Morgan fingerprint density at radius 2 is 2.06 bits per heavy atom. The molecule has 2 nitrogen and oxygen atoms in total. The molecule has 0 spiro atoms. The number of alkyl halides is 3. The van der Waals surface area contributed by atoms with Crippen LogP contribution in [0.2, 0.25) is 0 Å². The molecule has 2 heterocycles. The lowest BCUT2D eigenvalue weighted by molar-refractivity contribution is -0.139. The second-order valence-corrected chi connectivity index (χ2v) is 4.36. The number of halogens is 3. The first-order valence-corrected chi connectivity index (χ1v) is 5.60. The molecule has 0 fully saturated rings. The Balaban J connectivity index is 2.46. The summed E-state index contributed by atoms with van der Waals surface area (Å²) in [6, 6.07) is 4.13. The van der Waals surface area contributed by atoms with Gasteiger partial charge < -0.3 is 5.11 Å². The molecule has 0 saturated heterocycles. The lowest BCUT2D eigenvalue weighted by atomic mass is 10.0. The molecule has 2 rings (SSSR count). The van der Waals surface area contributed by atoms with Crippen molar-refractivity contribution in [2.45, 2.75) is 12.3 Å². The number of hydrogen-bond acceptors (Lipinski definition) is 3. The first-order chi connectivity index (χ1) is 8.00. The molecule has 2 aromatic heterocycles. The Morgan fingerprint density at radius 3 is 2.65 bits per heavy atom. The molecule has 0 bridgehead atoms. The van der Waals surface area contributed by atoms with E-state index in [0.717, 1.165) is 18.5 Å². The summed E-state index contributed by atoms with van der Waals surface area (Å²) in [6.45, 7) is 0. The standard InChI is InChI=1S/C11H8F3NOS/c12-11(13,14)8-3-4-15-6-7(8)10(16)9-2-1-5-17-9/h1-6,10,16H. The third-order valence-electron chi connectivity index (χ3n) is 2.26. The zero-order valence-corrected chi connectivity index (χ0v) is 9.29. The van der Waals surface area contributed by atoms with Crippen LogP contribution >= 0.6 is 11.3 Å². The molecule has 1 N–H and O–H groups in total. The summed E-state index contributed by atoms with van der Waals surface area (Å²) in [5.41, 5.74) is -1.07. The maximum Gasteiger partial charge on any atom is 0.416 e. The number of thiophene rings is 1. The Morgan fingerprint density at radius 1 is 1.29 bits per heavy atom. The Bertz CT molecular complexity index is 496. The molecular formula is C11H8F3NOS. The minimum absolute atomic E-state index is 0.220. The van der Waals surface area contributed by atoms with Crippen LogP contribution in [-0.2, 0) is 6.18 Å². The number of aliphatic hydroxyl groups is 1. The maximum absolute atomic E-state index is 12.7. The highest BCUT2D eigenvalue weighted by Gasteiger charge is 2.35. The van der Waals surface area contributed by atoms with Crippen molar-refractivity contribution in [3.05, 3.63) is 52.0 Å². The molecule has 0 saturated carbocycles. The number of hydrogen-bond donors (Lipinski definition) is 1. The van der Waals surface area contributed by atoms with Crippen molar-refractivity contribution in [3.8, 4) is 0 Å². The highest BCUT2D eigenvalue weighted by molar-refractivity contribution is 7.10. The van der Waals surface area contributed by atoms with E-state index in [1.165, 1.54) is 11.3 Å². The summed E-state index contributed by atoms with van der Waals surface area (Å²) in [5, 5.41) is 11.6. The molecule has 0 aliphatic heterocycles. The van der Waals surface area contributed by atoms with Crippen molar-refractivity contribution in [1.82, 2.24) is 4.98 Å². The van der Waals surface area contributed by atoms with Crippen LogP contribution in [0.3, 0.4) is 0 Å². The fourth-order valence-corrected chi connectivity index (χ4v) is 2.21. The van der Waals surface area contributed by atoms with E-state index in [-0.39, 0.29) is 5.56 Å². The van der Waals surface area contributed by atoms with Crippen molar-refractivity contribution in [2.75, 3.05) is 0 Å². The van der Waals surface area contributed by atoms with Crippen molar-refractivity contribution in [1.29, 1.82) is 0 Å². The molecule has 6 heteroatoms. The summed E-state index contributed by atoms with van der Waals surface area (Å²) < 4.78 is 38.1. The smallest absolute Gasteiger partial charge is 0.383 e. The second-order valence-electron chi connectivity index (χ2n) is 3.38.